The van der Waals surface area contributed by atoms with Crippen molar-refractivity contribution in [2.75, 3.05) is 12.3 Å². The van der Waals surface area contributed by atoms with Crippen molar-refractivity contribution in [3.63, 3.8) is 0 Å². The van der Waals surface area contributed by atoms with Crippen LogP contribution in [0, 0.1) is 0 Å². The average Bonchev–Trinajstić information content (AvgIpc) is 2.84. The van der Waals surface area contributed by atoms with E-state index in [0.717, 1.165) is 30.9 Å². The van der Waals surface area contributed by atoms with Gasteiger partial charge in [-0.1, -0.05) is 0 Å². The third-order valence-electron chi connectivity index (χ3n) is 3.62. The Labute approximate surface area is 111 Å². The molecular weight excluding hydrogens is 242 g/mol. The summed E-state index contributed by atoms with van der Waals surface area (Å²) in [6.07, 6.45) is 2.90. The number of hydrogen-bond acceptors (Lipinski definition) is 4. The first kappa shape index (κ1) is 11.7. The Morgan fingerprint density at radius 3 is 3.11 bits per heavy atom. The summed E-state index contributed by atoms with van der Waals surface area (Å²) in [6, 6.07) is 6.69. The molecule has 18 heavy (non-hydrogen) atoms. The first-order chi connectivity index (χ1) is 8.74. The summed E-state index contributed by atoms with van der Waals surface area (Å²) >= 11 is 1.88. The van der Waals surface area contributed by atoms with Crippen LogP contribution < -0.4 is 5.73 Å². The van der Waals surface area contributed by atoms with Crippen molar-refractivity contribution in [1.82, 2.24) is 9.88 Å². The average molecular weight is 259 g/mol. The molecule has 1 unspecified atom stereocenters. The summed E-state index contributed by atoms with van der Waals surface area (Å²) in [6.45, 7) is 4.29. The van der Waals surface area contributed by atoms with Crippen LogP contribution in [0.5, 0.6) is 0 Å². The molecule has 0 aromatic carbocycles. The van der Waals surface area contributed by atoms with Crippen molar-refractivity contribution in [2.24, 2.45) is 0 Å². The Hall–Kier alpha value is -1.39. The molecule has 3 rings (SSSR count). The highest BCUT2D eigenvalue weighted by molar-refractivity contribution is 7.10. The largest absolute Gasteiger partial charge is 0.397 e. The molecule has 2 aromatic heterocycles. The maximum atomic E-state index is 5.66. The summed E-state index contributed by atoms with van der Waals surface area (Å²) in [7, 11) is 0. The Morgan fingerprint density at radius 1 is 1.44 bits per heavy atom. The molecule has 2 N–H and O–H groups in total. The first-order valence-corrected chi connectivity index (χ1v) is 7.13. The molecule has 0 spiro atoms. The number of rotatable bonds is 2. The maximum Gasteiger partial charge on any atom is 0.0545 e. The maximum absolute atomic E-state index is 5.66. The van der Waals surface area contributed by atoms with E-state index in [0.29, 0.717) is 6.04 Å². The van der Waals surface area contributed by atoms with Crippen molar-refractivity contribution >= 4 is 17.0 Å². The van der Waals surface area contributed by atoms with E-state index in [1.807, 2.05) is 23.5 Å². The fraction of sp³-hybridized carbons (Fsp3) is 0.357. The fourth-order valence-corrected chi connectivity index (χ4v) is 3.48. The lowest BCUT2D eigenvalue weighted by Crippen LogP contribution is -2.32. The van der Waals surface area contributed by atoms with Crippen molar-refractivity contribution in [1.29, 1.82) is 0 Å². The number of pyridine rings is 1. The summed E-state index contributed by atoms with van der Waals surface area (Å²) in [5, 5.41) is 2.20. The monoisotopic (exact) mass is 259 g/mol. The minimum atomic E-state index is 0.486. The van der Waals surface area contributed by atoms with Crippen LogP contribution in [0.4, 0.5) is 5.69 Å². The summed E-state index contributed by atoms with van der Waals surface area (Å²) in [5.74, 6) is 0. The lowest BCUT2D eigenvalue weighted by atomic mass is 10.0. The molecule has 0 saturated carbocycles. The van der Waals surface area contributed by atoms with Crippen molar-refractivity contribution in [2.45, 2.75) is 25.9 Å². The zero-order valence-corrected chi connectivity index (χ0v) is 11.3. The van der Waals surface area contributed by atoms with E-state index in [2.05, 4.69) is 28.3 Å². The number of aromatic nitrogens is 1. The normalized spacial score (nSPS) is 19.7. The van der Waals surface area contributed by atoms with Crippen LogP contribution in [0.25, 0.3) is 0 Å². The third kappa shape index (κ3) is 2.13. The van der Waals surface area contributed by atoms with Gasteiger partial charge in [0.1, 0.15) is 0 Å². The van der Waals surface area contributed by atoms with E-state index in [1.165, 1.54) is 5.56 Å². The summed E-state index contributed by atoms with van der Waals surface area (Å²) in [4.78, 5) is 8.41. The van der Waals surface area contributed by atoms with Crippen LogP contribution >= 0.6 is 11.3 Å². The molecule has 2 aromatic rings. The zero-order valence-electron chi connectivity index (χ0n) is 10.5. The highest BCUT2D eigenvalue weighted by Crippen LogP contribution is 2.33. The number of hydrogen-bond donors (Lipinski definition) is 1. The van der Waals surface area contributed by atoms with Crippen molar-refractivity contribution in [3.8, 4) is 0 Å². The summed E-state index contributed by atoms with van der Waals surface area (Å²) < 4.78 is 0. The van der Waals surface area contributed by atoms with Crippen molar-refractivity contribution < 1.29 is 0 Å². The van der Waals surface area contributed by atoms with Crippen LogP contribution in [-0.4, -0.2) is 16.4 Å². The molecule has 94 valence electrons. The topological polar surface area (TPSA) is 42.1 Å². The molecule has 0 radical (unpaired) electrons. The van der Waals surface area contributed by atoms with Crippen LogP contribution in [0.3, 0.4) is 0 Å². The van der Waals surface area contributed by atoms with Crippen LogP contribution in [0.1, 0.15) is 29.1 Å². The summed E-state index contributed by atoms with van der Waals surface area (Å²) in [5.41, 5.74) is 8.97. The van der Waals surface area contributed by atoms with Gasteiger partial charge in [-0.15, -0.1) is 11.3 Å². The lowest BCUT2D eigenvalue weighted by Gasteiger charge is -2.33. The Bertz CT molecular complexity index is 532. The fourth-order valence-electron chi connectivity index (χ4n) is 2.51. The molecule has 1 atom stereocenters. The van der Waals surface area contributed by atoms with Gasteiger partial charge in [-0.25, -0.2) is 0 Å². The van der Waals surface area contributed by atoms with Gasteiger partial charge in [0.25, 0.3) is 0 Å². The van der Waals surface area contributed by atoms with Crippen LogP contribution in [0.2, 0.25) is 0 Å². The van der Waals surface area contributed by atoms with Gasteiger partial charge >= 0.3 is 0 Å². The minimum absolute atomic E-state index is 0.486. The van der Waals surface area contributed by atoms with Gasteiger partial charge in [-0.3, -0.25) is 9.88 Å². The van der Waals surface area contributed by atoms with Gasteiger partial charge in [0.2, 0.25) is 0 Å². The van der Waals surface area contributed by atoms with E-state index in [4.69, 9.17) is 5.73 Å². The van der Waals surface area contributed by atoms with Gasteiger partial charge in [0, 0.05) is 24.0 Å². The molecule has 0 fully saturated rings. The minimum Gasteiger partial charge on any atom is -0.397 e. The quantitative estimate of drug-likeness (QED) is 0.901. The van der Waals surface area contributed by atoms with Gasteiger partial charge < -0.3 is 5.73 Å². The second kappa shape index (κ2) is 4.71. The molecule has 3 heterocycles. The van der Waals surface area contributed by atoms with E-state index >= 15 is 0 Å². The Kier molecular flexibility index (Phi) is 3.06. The van der Waals surface area contributed by atoms with E-state index in [9.17, 15) is 0 Å². The second-order valence-electron chi connectivity index (χ2n) is 4.78. The molecule has 1 aliphatic rings. The van der Waals surface area contributed by atoms with E-state index < -0.39 is 0 Å². The molecule has 0 saturated heterocycles. The van der Waals surface area contributed by atoms with Gasteiger partial charge in [-0.2, -0.15) is 0 Å². The molecule has 0 aliphatic carbocycles. The SMILES string of the molecule is CC1c2ccsc2CCN1Cc1ccc(N)cn1. The van der Waals surface area contributed by atoms with Gasteiger partial charge in [0.15, 0.2) is 0 Å². The molecule has 1 aliphatic heterocycles. The van der Waals surface area contributed by atoms with Gasteiger partial charge in [-0.05, 0) is 42.5 Å². The number of nitrogen functional groups attached to an aromatic ring is 1. The van der Waals surface area contributed by atoms with E-state index in [-0.39, 0.29) is 0 Å². The molecular formula is C14H17N3S. The van der Waals surface area contributed by atoms with E-state index in [1.54, 1.807) is 11.1 Å². The highest BCUT2D eigenvalue weighted by Gasteiger charge is 2.24. The number of thiophene rings is 1. The molecule has 0 amide bonds. The van der Waals surface area contributed by atoms with Crippen LogP contribution in [-0.2, 0) is 13.0 Å². The molecule has 4 heteroatoms. The predicted octanol–water partition coefficient (Wildman–Crippen LogP) is 2.84. The Balaban J connectivity index is 1.77. The Morgan fingerprint density at radius 2 is 2.33 bits per heavy atom. The smallest absolute Gasteiger partial charge is 0.0545 e. The number of nitrogens with two attached hydrogens (primary N) is 1. The highest BCUT2D eigenvalue weighted by atomic mass is 32.1. The van der Waals surface area contributed by atoms with Crippen LogP contribution in [0.15, 0.2) is 29.8 Å². The third-order valence-corrected chi connectivity index (χ3v) is 4.61. The number of anilines is 1. The van der Waals surface area contributed by atoms with Crippen molar-refractivity contribution in [3.05, 3.63) is 45.9 Å². The standard InChI is InChI=1S/C14H17N3S/c1-10-13-5-7-18-14(13)4-6-17(10)9-12-3-2-11(15)8-16-12/h2-3,5,7-8,10H,4,6,9,15H2,1H3. The van der Waals surface area contributed by atoms with Gasteiger partial charge in [0.05, 0.1) is 17.6 Å². The first-order valence-electron chi connectivity index (χ1n) is 6.25. The molecule has 0 bridgehead atoms. The zero-order chi connectivity index (χ0) is 12.5. The predicted molar refractivity (Wildman–Crippen MR) is 75.5 cm³/mol. The lowest BCUT2D eigenvalue weighted by molar-refractivity contribution is 0.189. The molecule has 3 nitrogen and oxygen atoms in total. The number of nitrogens with zero attached hydrogens (tertiary/aromatic N) is 2. The number of fused-ring (bicyclic) bond motifs is 1. The second-order valence-corrected chi connectivity index (χ2v) is 5.78.